The number of amides is 1. The van der Waals surface area contributed by atoms with Crippen LogP contribution in [0.4, 0.5) is 4.79 Å². The van der Waals surface area contributed by atoms with E-state index in [1.54, 1.807) is 23.2 Å². The van der Waals surface area contributed by atoms with Crippen molar-refractivity contribution in [1.29, 1.82) is 0 Å². The lowest BCUT2D eigenvalue weighted by atomic mass is 9.91. The van der Waals surface area contributed by atoms with Gasteiger partial charge >= 0.3 is 6.09 Å². The minimum Gasteiger partial charge on any atom is -0.445 e. The van der Waals surface area contributed by atoms with Gasteiger partial charge in [-0.25, -0.2) is 4.79 Å². The summed E-state index contributed by atoms with van der Waals surface area (Å²) in [6, 6.07) is 18.0. The largest absolute Gasteiger partial charge is 0.445 e. The zero-order valence-electron chi connectivity index (χ0n) is 23.2. The van der Waals surface area contributed by atoms with Gasteiger partial charge in [0.15, 0.2) is 0 Å². The molecule has 3 aromatic rings. The molecule has 41 heavy (non-hydrogen) atoms. The first-order valence-corrected chi connectivity index (χ1v) is 14.9. The number of aliphatic imine (C=N–C) groups is 1. The van der Waals surface area contributed by atoms with Gasteiger partial charge in [0.1, 0.15) is 18.1 Å². The highest BCUT2D eigenvalue weighted by molar-refractivity contribution is 9.12. The van der Waals surface area contributed by atoms with Crippen LogP contribution in [0.3, 0.4) is 0 Å². The van der Waals surface area contributed by atoms with Gasteiger partial charge in [0, 0.05) is 66.9 Å². The standard InChI is InChI=1S/C30H34BrN7O2S/c1-22(31)18-34-37(3)29(33-19-23-9-11-25(12-10-23)28-21-41-36-35-28)17-27(32-2)26-13-15-38(16-14-26)30(39)40-20-24-7-5-4-6-8-24/h4-12,17-18,21,26,33H,1,13-16,19-20H2,2-3H3/b29-17-,32-27+,34-18-. The first-order chi connectivity index (χ1) is 19.9. The number of nitrogens with one attached hydrogen (secondary N) is 1. The van der Waals surface area contributed by atoms with Crippen molar-refractivity contribution in [2.24, 2.45) is 16.0 Å². The van der Waals surface area contributed by atoms with Crippen LogP contribution in [0.25, 0.3) is 11.3 Å². The van der Waals surface area contributed by atoms with E-state index >= 15 is 0 Å². The summed E-state index contributed by atoms with van der Waals surface area (Å²) >= 11 is 4.67. The number of hydrogen-bond acceptors (Lipinski definition) is 9. The number of hydrazone groups is 1. The molecule has 1 N–H and O–H groups in total. The van der Waals surface area contributed by atoms with Crippen LogP contribution in [-0.2, 0) is 17.9 Å². The number of allylic oxidation sites excluding steroid dienone is 2. The maximum atomic E-state index is 12.6. The van der Waals surface area contributed by atoms with Crippen molar-refractivity contribution >= 4 is 45.5 Å². The van der Waals surface area contributed by atoms with Crippen molar-refractivity contribution in [3.05, 3.63) is 94.1 Å². The van der Waals surface area contributed by atoms with Gasteiger partial charge in [0.2, 0.25) is 0 Å². The summed E-state index contributed by atoms with van der Waals surface area (Å²) in [5.41, 5.74) is 4.95. The molecular formula is C30H34BrN7O2S. The normalized spacial score (nSPS) is 14.8. The number of ether oxygens (including phenoxy) is 1. The van der Waals surface area contributed by atoms with Gasteiger partial charge in [-0.1, -0.05) is 65.7 Å². The van der Waals surface area contributed by atoms with Crippen LogP contribution in [0.2, 0.25) is 0 Å². The second-order valence-corrected chi connectivity index (χ2v) is 11.2. The molecule has 9 nitrogen and oxygen atoms in total. The zero-order chi connectivity index (χ0) is 29.0. The molecule has 4 rings (SSSR count). The molecule has 0 atom stereocenters. The van der Waals surface area contributed by atoms with Crippen molar-refractivity contribution in [1.82, 2.24) is 24.8 Å². The molecule has 1 aliphatic rings. The van der Waals surface area contributed by atoms with Crippen LogP contribution in [0.1, 0.15) is 24.0 Å². The SMILES string of the molecule is C=C(Br)/C=N\N(C)/C(=C\C(=N/C)C1CCN(C(=O)OCc2ccccc2)CC1)NCc1ccc(-c2csnn2)cc1. The topological polar surface area (TPSA) is 95.3 Å². The number of likely N-dealkylation sites (tertiary alicyclic amines) is 1. The second-order valence-electron chi connectivity index (χ2n) is 9.54. The minimum atomic E-state index is -0.277. The quantitative estimate of drug-likeness (QED) is 0.203. The average molecular weight is 637 g/mol. The number of carbonyl (C=O) groups excluding carboxylic acids is 1. The molecule has 0 bridgehead atoms. The van der Waals surface area contributed by atoms with Crippen LogP contribution in [0, 0.1) is 5.92 Å². The fraction of sp³-hybridized carbons (Fsp3) is 0.300. The van der Waals surface area contributed by atoms with Gasteiger partial charge in [-0.2, -0.15) is 5.10 Å². The Kier molecular flexibility index (Phi) is 11.2. The summed E-state index contributed by atoms with van der Waals surface area (Å²) in [6.07, 6.45) is 5.01. The number of rotatable bonds is 11. The van der Waals surface area contributed by atoms with E-state index in [4.69, 9.17) is 4.74 Å². The van der Waals surface area contributed by atoms with E-state index in [1.165, 1.54) is 11.5 Å². The first kappa shape index (κ1) is 30.1. The van der Waals surface area contributed by atoms with E-state index in [0.29, 0.717) is 24.1 Å². The van der Waals surface area contributed by atoms with Gasteiger partial charge < -0.3 is 15.0 Å². The van der Waals surface area contributed by atoms with Crippen LogP contribution in [-0.4, -0.2) is 64.7 Å². The second kappa shape index (κ2) is 15.2. The molecular weight excluding hydrogens is 602 g/mol. The molecule has 0 spiro atoms. The van der Waals surface area contributed by atoms with Gasteiger partial charge in [-0.15, -0.1) is 5.10 Å². The van der Waals surface area contributed by atoms with Crippen molar-refractivity contribution in [3.8, 4) is 11.3 Å². The van der Waals surface area contributed by atoms with Gasteiger partial charge in [-0.3, -0.25) is 10.0 Å². The van der Waals surface area contributed by atoms with E-state index < -0.39 is 0 Å². The Morgan fingerprint density at radius 2 is 1.93 bits per heavy atom. The fourth-order valence-electron chi connectivity index (χ4n) is 4.42. The third kappa shape index (κ3) is 9.09. The van der Waals surface area contributed by atoms with Crippen molar-refractivity contribution in [2.75, 3.05) is 27.2 Å². The molecule has 2 aromatic carbocycles. The lowest BCUT2D eigenvalue weighted by Gasteiger charge is -2.31. The molecule has 0 unspecified atom stereocenters. The molecule has 1 saturated heterocycles. The van der Waals surface area contributed by atoms with E-state index in [0.717, 1.165) is 46.8 Å². The van der Waals surface area contributed by atoms with Crippen LogP contribution < -0.4 is 5.32 Å². The monoisotopic (exact) mass is 635 g/mol. The minimum absolute atomic E-state index is 0.212. The van der Waals surface area contributed by atoms with Crippen molar-refractivity contribution < 1.29 is 9.53 Å². The molecule has 214 valence electrons. The number of halogens is 1. The molecule has 1 amide bonds. The van der Waals surface area contributed by atoms with E-state index in [9.17, 15) is 4.79 Å². The predicted molar refractivity (Wildman–Crippen MR) is 169 cm³/mol. The number of benzene rings is 2. The Morgan fingerprint density at radius 1 is 1.20 bits per heavy atom. The summed E-state index contributed by atoms with van der Waals surface area (Å²) in [5.74, 6) is 1.01. The summed E-state index contributed by atoms with van der Waals surface area (Å²) in [6.45, 7) is 5.94. The summed E-state index contributed by atoms with van der Waals surface area (Å²) in [7, 11) is 3.68. The smallest absolute Gasteiger partial charge is 0.410 e. The third-order valence-electron chi connectivity index (χ3n) is 6.72. The molecule has 0 aliphatic carbocycles. The van der Waals surface area contributed by atoms with Crippen molar-refractivity contribution in [2.45, 2.75) is 26.0 Å². The molecule has 0 radical (unpaired) electrons. The van der Waals surface area contributed by atoms with Gasteiger partial charge in [-0.05, 0) is 51.4 Å². The number of piperidine rings is 1. The van der Waals surface area contributed by atoms with E-state index in [-0.39, 0.29) is 18.6 Å². The van der Waals surface area contributed by atoms with Crippen LogP contribution >= 0.6 is 27.5 Å². The van der Waals surface area contributed by atoms with Crippen molar-refractivity contribution in [3.63, 3.8) is 0 Å². The summed E-state index contributed by atoms with van der Waals surface area (Å²) in [5, 5.41) is 15.8. The Labute approximate surface area is 253 Å². The van der Waals surface area contributed by atoms with Gasteiger partial charge in [0.25, 0.3) is 0 Å². The zero-order valence-corrected chi connectivity index (χ0v) is 25.6. The molecule has 1 aliphatic heterocycles. The highest BCUT2D eigenvalue weighted by Crippen LogP contribution is 2.22. The number of hydrogen-bond donors (Lipinski definition) is 1. The number of carbonyl (C=O) groups is 1. The maximum Gasteiger partial charge on any atom is 0.410 e. The Hall–Kier alpha value is -3.83. The predicted octanol–water partition coefficient (Wildman–Crippen LogP) is 6.08. The first-order valence-electron chi connectivity index (χ1n) is 13.3. The average Bonchev–Trinajstić information content (AvgIpc) is 3.55. The highest BCUT2D eigenvalue weighted by Gasteiger charge is 2.26. The van der Waals surface area contributed by atoms with Crippen LogP contribution in [0.15, 0.2) is 93.0 Å². The van der Waals surface area contributed by atoms with Crippen LogP contribution in [0.5, 0.6) is 0 Å². The summed E-state index contributed by atoms with van der Waals surface area (Å²) < 4.78 is 10.1. The summed E-state index contributed by atoms with van der Waals surface area (Å²) in [4.78, 5) is 19.0. The lowest BCUT2D eigenvalue weighted by molar-refractivity contribution is 0.0865. The molecule has 2 heterocycles. The van der Waals surface area contributed by atoms with Gasteiger partial charge in [0.05, 0.1) is 6.21 Å². The fourth-order valence-corrected chi connectivity index (χ4v) is 4.98. The molecule has 1 fully saturated rings. The van der Waals surface area contributed by atoms with E-state index in [1.807, 2.05) is 61.0 Å². The number of nitrogens with zero attached hydrogens (tertiary/aromatic N) is 6. The molecule has 1 aromatic heterocycles. The maximum absolute atomic E-state index is 12.6. The number of aromatic nitrogens is 2. The Morgan fingerprint density at radius 3 is 2.56 bits per heavy atom. The Bertz CT molecular complexity index is 1370. The highest BCUT2D eigenvalue weighted by atomic mass is 79.9. The lowest BCUT2D eigenvalue weighted by Crippen LogP contribution is -2.40. The van der Waals surface area contributed by atoms with E-state index in [2.05, 4.69) is 59.6 Å². The third-order valence-corrected chi connectivity index (χ3v) is 7.43. The molecule has 0 saturated carbocycles. The Balaban J connectivity index is 1.38. The molecule has 11 heteroatoms.